The Kier molecular flexibility index (Phi) is 4.75. The summed E-state index contributed by atoms with van der Waals surface area (Å²) in [6, 6.07) is 5.85. The maximum absolute atomic E-state index is 13.2. The van der Waals surface area contributed by atoms with Gasteiger partial charge in [-0.15, -0.1) is 0 Å². The maximum Gasteiger partial charge on any atom is 0.242 e. The van der Waals surface area contributed by atoms with Crippen molar-refractivity contribution >= 4 is 23.3 Å². The van der Waals surface area contributed by atoms with Crippen molar-refractivity contribution < 1.29 is 19.1 Å². The number of imide groups is 1. The number of anilines is 1. The molecular formula is C21H27N3O4. The highest BCUT2D eigenvalue weighted by molar-refractivity contribution is 6.22. The molecule has 0 aliphatic carbocycles. The van der Waals surface area contributed by atoms with E-state index in [0.717, 1.165) is 29.7 Å². The number of morpholine rings is 1. The molecule has 4 rings (SSSR count). The number of fused-ring (bicyclic) bond motifs is 4. The molecule has 4 atom stereocenters. The van der Waals surface area contributed by atoms with Crippen LogP contribution in [0.2, 0.25) is 0 Å². The van der Waals surface area contributed by atoms with Gasteiger partial charge in [0.1, 0.15) is 5.41 Å². The molecule has 7 heteroatoms. The van der Waals surface area contributed by atoms with Crippen molar-refractivity contribution in [3.05, 3.63) is 29.3 Å². The molecule has 2 amide bonds. The van der Waals surface area contributed by atoms with Gasteiger partial charge in [0, 0.05) is 12.2 Å². The lowest BCUT2D eigenvalue weighted by Crippen LogP contribution is -2.72. The largest absolute Gasteiger partial charge is 0.372 e. The van der Waals surface area contributed by atoms with E-state index in [-0.39, 0.29) is 24.4 Å². The van der Waals surface area contributed by atoms with Gasteiger partial charge < -0.3 is 15.4 Å². The Bertz CT molecular complexity index is 817. The van der Waals surface area contributed by atoms with Crippen molar-refractivity contribution in [3.8, 4) is 0 Å². The Balaban J connectivity index is 1.84. The number of nitrogens with zero attached hydrogens (tertiary/aromatic N) is 1. The van der Waals surface area contributed by atoms with Gasteiger partial charge >= 0.3 is 0 Å². The Morgan fingerprint density at radius 2 is 2.07 bits per heavy atom. The molecular weight excluding hydrogens is 358 g/mol. The van der Waals surface area contributed by atoms with Crippen molar-refractivity contribution in [2.24, 2.45) is 11.1 Å². The third-order valence-corrected chi connectivity index (χ3v) is 6.26. The van der Waals surface area contributed by atoms with Crippen molar-refractivity contribution in [1.29, 1.82) is 0 Å². The minimum Gasteiger partial charge on any atom is -0.372 e. The van der Waals surface area contributed by atoms with Gasteiger partial charge in [0.15, 0.2) is 5.78 Å². The van der Waals surface area contributed by atoms with Crippen LogP contribution in [-0.2, 0) is 32.0 Å². The van der Waals surface area contributed by atoms with E-state index in [9.17, 15) is 14.4 Å². The molecule has 0 radical (unpaired) electrons. The van der Waals surface area contributed by atoms with E-state index in [4.69, 9.17) is 10.5 Å². The number of nitrogens with one attached hydrogen (secondary N) is 1. The summed E-state index contributed by atoms with van der Waals surface area (Å²) in [5, 5.41) is 2.42. The van der Waals surface area contributed by atoms with Gasteiger partial charge in [-0.1, -0.05) is 12.1 Å². The number of ketones is 1. The highest BCUT2D eigenvalue weighted by Gasteiger charge is 2.62. The van der Waals surface area contributed by atoms with Crippen LogP contribution in [0.15, 0.2) is 18.2 Å². The van der Waals surface area contributed by atoms with Gasteiger partial charge in [0.25, 0.3) is 0 Å². The lowest BCUT2D eigenvalue weighted by atomic mass is 9.63. The van der Waals surface area contributed by atoms with Crippen LogP contribution in [0.25, 0.3) is 0 Å². The number of carbonyl (C=O) groups excluding carboxylic acids is 3. The minimum absolute atomic E-state index is 0.0189. The zero-order valence-electron chi connectivity index (χ0n) is 16.4. The third-order valence-electron chi connectivity index (χ3n) is 6.26. The number of piperidine rings is 1. The SMILES string of the molecule is C[C@@H]1CN2c3ccc(CCCN)cc3CC3(C(=O)CC(=O)NC3=O)[C@H]2[C@H](C)O1. The molecule has 3 heterocycles. The molecule has 1 spiro atoms. The number of hydrogen-bond acceptors (Lipinski definition) is 6. The standard InChI is InChI=1S/C21H27N3O4/c1-12-11-24-16-6-5-14(4-3-7-22)8-15(16)10-21(19(24)13(2)28-12)17(25)9-18(26)23-20(21)27/h5-6,8,12-13,19H,3-4,7,9-11,22H2,1-2H3,(H,23,26,27)/t12-,13+,19-,21?/m1/s1. The zero-order chi connectivity index (χ0) is 20.1. The second-order valence-corrected chi connectivity index (χ2v) is 8.23. The monoisotopic (exact) mass is 385 g/mol. The molecule has 1 aromatic carbocycles. The molecule has 1 aromatic rings. The van der Waals surface area contributed by atoms with E-state index < -0.39 is 23.3 Å². The second kappa shape index (κ2) is 6.97. The number of benzene rings is 1. The Morgan fingerprint density at radius 1 is 1.29 bits per heavy atom. The Morgan fingerprint density at radius 3 is 2.79 bits per heavy atom. The zero-order valence-corrected chi connectivity index (χ0v) is 16.4. The fourth-order valence-electron chi connectivity index (χ4n) is 5.16. The van der Waals surface area contributed by atoms with Gasteiger partial charge in [-0.25, -0.2) is 0 Å². The van der Waals surface area contributed by atoms with Crippen molar-refractivity contribution in [2.75, 3.05) is 18.0 Å². The molecule has 28 heavy (non-hydrogen) atoms. The summed E-state index contributed by atoms with van der Waals surface area (Å²) < 4.78 is 6.03. The highest BCUT2D eigenvalue weighted by atomic mass is 16.5. The first-order valence-electron chi connectivity index (χ1n) is 9.98. The molecule has 3 aliphatic rings. The van der Waals surface area contributed by atoms with E-state index in [2.05, 4.69) is 28.4 Å². The molecule has 0 bridgehead atoms. The van der Waals surface area contributed by atoms with Crippen LogP contribution in [-0.4, -0.2) is 48.9 Å². The summed E-state index contributed by atoms with van der Waals surface area (Å²) in [6.07, 6.45) is 1.44. The van der Waals surface area contributed by atoms with Crippen LogP contribution < -0.4 is 16.0 Å². The van der Waals surface area contributed by atoms with E-state index in [1.807, 2.05) is 13.8 Å². The normalized spacial score (nSPS) is 32.2. The maximum atomic E-state index is 13.2. The summed E-state index contributed by atoms with van der Waals surface area (Å²) in [5.41, 5.74) is 7.51. The first-order valence-corrected chi connectivity index (χ1v) is 9.98. The van der Waals surface area contributed by atoms with Gasteiger partial charge in [-0.05, 0) is 56.8 Å². The fraction of sp³-hybridized carbons (Fsp3) is 0.571. The minimum atomic E-state index is -1.30. The smallest absolute Gasteiger partial charge is 0.242 e. The van der Waals surface area contributed by atoms with Gasteiger partial charge in [-0.3, -0.25) is 19.7 Å². The molecule has 2 fully saturated rings. The topological polar surface area (TPSA) is 102 Å². The lowest BCUT2D eigenvalue weighted by Gasteiger charge is -2.55. The van der Waals surface area contributed by atoms with Crippen molar-refractivity contribution in [1.82, 2.24) is 5.32 Å². The van der Waals surface area contributed by atoms with Crippen LogP contribution in [0.4, 0.5) is 5.69 Å². The molecule has 150 valence electrons. The second-order valence-electron chi connectivity index (χ2n) is 8.23. The molecule has 0 saturated carbocycles. The number of aryl methyl sites for hydroxylation is 1. The van der Waals surface area contributed by atoms with Crippen LogP contribution in [0.1, 0.15) is 37.8 Å². The average molecular weight is 385 g/mol. The summed E-state index contributed by atoms with van der Waals surface area (Å²) in [4.78, 5) is 40.2. The number of nitrogens with two attached hydrogens (primary N) is 1. The highest BCUT2D eigenvalue weighted by Crippen LogP contribution is 2.47. The van der Waals surface area contributed by atoms with Crippen LogP contribution >= 0.6 is 0 Å². The predicted octanol–water partition coefficient (Wildman–Crippen LogP) is 0.718. The summed E-state index contributed by atoms with van der Waals surface area (Å²) in [5.74, 6) is -1.32. The number of ether oxygens (including phenoxy) is 1. The summed E-state index contributed by atoms with van der Waals surface area (Å²) >= 11 is 0. The number of rotatable bonds is 3. The summed E-state index contributed by atoms with van der Waals surface area (Å²) in [7, 11) is 0. The fourth-order valence-corrected chi connectivity index (χ4v) is 5.16. The van der Waals surface area contributed by atoms with Crippen molar-refractivity contribution in [3.63, 3.8) is 0 Å². The molecule has 1 unspecified atom stereocenters. The number of hydrogen-bond donors (Lipinski definition) is 2. The van der Waals surface area contributed by atoms with Gasteiger partial charge in [0.2, 0.25) is 11.8 Å². The van der Waals surface area contributed by atoms with Gasteiger partial charge in [-0.2, -0.15) is 0 Å². The Hall–Kier alpha value is -2.25. The molecule has 7 nitrogen and oxygen atoms in total. The number of Topliss-reactive ketones (excluding diaryl/α,β-unsaturated/α-hetero) is 1. The lowest BCUT2D eigenvalue weighted by molar-refractivity contribution is -0.158. The number of carbonyl (C=O) groups is 3. The van der Waals surface area contributed by atoms with E-state index in [0.29, 0.717) is 19.5 Å². The van der Waals surface area contributed by atoms with Crippen LogP contribution in [0, 0.1) is 5.41 Å². The molecule has 3 aliphatic heterocycles. The van der Waals surface area contributed by atoms with E-state index in [1.165, 1.54) is 0 Å². The van der Waals surface area contributed by atoms with Gasteiger partial charge in [0.05, 0.1) is 24.7 Å². The number of amides is 2. The first-order chi connectivity index (χ1) is 13.4. The molecule has 2 saturated heterocycles. The van der Waals surface area contributed by atoms with E-state index >= 15 is 0 Å². The third kappa shape index (κ3) is 2.84. The first kappa shape index (κ1) is 19.1. The quantitative estimate of drug-likeness (QED) is 0.587. The molecule has 0 aromatic heterocycles. The summed E-state index contributed by atoms with van der Waals surface area (Å²) in [6.45, 7) is 5.12. The van der Waals surface area contributed by atoms with E-state index in [1.54, 1.807) is 0 Å². The Labute approximate surface area is 164 Å². The van der Waals surface area contributed by atoms with Crippen molar-refractivity contribution in [2.45, 2.75) is 57.8 Å². The predicted molar refractivity (Wildman–Crippen MR) is 104 cm³/mol. The van der Waals surface area contributed by atoms with Crippen LogP contribution in [0.3, 0.4) is 0 Å². The van der Waals surface area contributed by atoms with Crippen LogP contribution in [0.5, 0.6) is 0 Å². The average Bonchev–Trinajstić information content (AvgIpc) is 2.63. The molecule has 3 N–H and O–H groups in total.